The van der Waals surface area contributed by atoms with Crippen molar-refractivity contribution in [1.82, 2.24) is 0 Å². The van der Waals surface area contributed by atoms with Crippen LogP contribution < -0.4 is 4.74 Å². The zero-order chi connectivity index (χ0) is 14.6. The van der Waals surface area contributed by atoms with E-state index in [2.05, 4.69) is 15.9 Å². The number of carbonyl (C=O) groups is 1. The number of hydrogen-bond donors (Lipinski definition) is 1. The lowest BCUT2D eigenvalue weighted by atomic mass is 9.95. The minimum absolute atomic E-state index is 0.176. The van der Waals surface area contributed by atoms with Gasteiger partial charge in [0.15, 0.2) is 0 Å². The topological polar surface area (TPSA) is 55.8 Å². The highest BCUT2D eigenvalue weighted by Gasteiger charge is 2.30. The highest BCUT2D eigenvalue weighted by Crippen LogP contribution is 2.30. The summed E-state index contributed by atoms with van der Waals surface area (Å²) >= 11 is 3.36. The van der Waals surface area contributed by atoms with E-state index in [0.29, 0.717) is 11.3 Å². The average Bonchev–Trinajstić information content (AvgIpc) is 2.35. The molecule has 0 radical (unpaired) electrons. The van der Waals surface area contributed by atoms with E-state index in [0.717, 1.165) is 4.47 Å². The molecule has 0 fully saturated rings. The van der Waals surface area contributed by atoms with Gasteiger partial charge in [-0.05, 0) is 32.9 Å². The van der Waals surface area contributed by atoms with Crippen LogP contribution in [-0.2, 0) is 9.53 Å². The third-order valence-corrected chi connectivity index (χ3v) is 3.25. The second-order valence-corrected chi connectivity index (χ2v) is 5.94. The Kier molecular flexibility index (Phi) is 5.38. The fourth-order valence-corrected chi connectivity index (χ4v) is 1.91. The first-order valence-electron chi connectivity index (χ1n) is 5.96. The van der Waals surface area contributed by atoms with Gasteiger partial charge in [-0.3, -0.25) is 4.79 Å². The van der Waals surface area contributed by atoms with E-state index in [1.165, 1.54) is 7.11 Å². The second-order valence-electron chi connectivity index (χ2n) is 5.02. The molecule has 0 aliphatic heterocycles. The smallest absolute Gasteiger partial charge is 0.314 e. The van der Waals surface area contributed by atoms with Gasteiger partial charge in [0.1, 0.15) is 12.4 Å². The SMILES string of the molecule is COC(=O)C(C)(C)COc1cc(Br)ccc1C(C)O. The second kappa shape index (κ2) is 6.39. The van der Waals surface area contributed by atoms with Crippen LogP contribution in [0.1, 0.15) is 32.4 Å². The van der Waals surface area contributed by atoms with Crippen LogP contribution in [0.2, 0.25) is 0 Å². The highest BCUT2D eigenvalue weighted by molar-refractivity contribution is 9.10. The van der Waals surface area contributed by atoms with Gasteiger partial charge in [-0.2, -0.15) is 0 Å². The number of benzene rings is 1. The van der Waals surface area contributed by atoms with Crippen molar-refractivity contribution in [2.45, 2.75) is 26.9 Å². The summed E-state index contributed by atoms with van der Waals surface area (Å²) in [5.41, 5.74) is -0.0589. The Morgan fingerprint density at radius 2 is 2.11 bits per heavy atom. The molecule has 0 saturated heterocycles. The van der Waals surface area contributed by atoms with Crippen LogP contribution in [0.4, 0.5) is 0 Å². The summed E-state index contributed by atoms with van der Waals surface area (Å²) in [4.78, 5) is 11.6. The number of aliphatic hydroxyl groups excluding tert-OH is 1. The zero-order valence-electron chi connectivity index (χ0n) is 11.6. The lowest BCUT2D eigenvalue weighted by molar-refractivity contribution is -0.152. The predicted molar refractivity (Wildman–Crippen MR) is 76.1 cm³/mol. The molecule has 19 heavy (non-hydrogen) atoms. The van der Waals surface area contributed by atoms with Gasteiger partial charge in [-0.1, -0.05) is 22.0 Å². The van der Waals surface area contributed by atoms with Gasteiger partial charge in [-0.25, -0.2) is 0 Å². The van der Waals surface area contributed by atoms with E-state index < -0.39 is 11.5 Å². The first-order chi connectivity index (χ1) is 8.77. The predicted octanol–water partition coefficient (Wildman–Crippen LogP) is 3.08. The molecule has 1 rings (SSSR count). The highest BCUT2D eigenvalue weighted by atomic mass is 79.9. The molecule has 0 bridgehead atoms. The molecule has 0 aromatic heterocycles. The van der Waals surface area contributed by atoms with Crippen LogP contribution >= 0.6 is 15.9 Å². The van der Waals surface area contributed by atoms with E-state index in [1.807, 2.05) is 6.07 Å². The summed E-state index contributed by atoms with van der Waals surface area (Å²) in [5, 5.41) is 9.69. The van der Waals surface area contributed by atoms with Gasteiger partial charge in [0, 0.05) is 10.0 Å². The molecule has 0 aliphatic rings. The third-order valence-electron chi connectivity index (χ3n) is 2.75. The Morgan fingerprint density at radius 1 is 1.47 bits per heavy atom. The lowest BCUT2D eigenvalue weighted by Crippen LogP contribution is -2.32. The normalized spacial score (nSPS) is 12.9. The summed E-state index contributed by atoms with van der Waals surface area (Å²) in [6, 6.07) is 5.39. The summed E-state index contributed by atoms with van der Waals surface area (Å²) in [6.45, 7) is 5.34. The van der Waals surface area contributed by atoms with E-state index in [9.17, 15) is 9.90 Å². The molecule has 0 amide bonds. The fourth-order valence-electron chi connectivity index (χ4n) is 1.57. The van der Waals surface area contributed by atoms with Crippen molar-refractivity contribution in [1.29, 1.82) is 0 Å². The van der Waals surface area contributed by atoms with Gasteiger partial charge >= 0.3 is 5.97 Å². The van der Waals surface area contributed by atoms with E-state index in [-0.39, 0.29) is 12.6 Å². The molecule has 1 aromatic carbocycles. The van der Waals surface area contributed by atoms with Crippen LogP contribution in [0.25, 0.3) is 0 Å². The van der Waals surface area contributed by atoms with Crippen molar-refractivity contribution in [2.24, 2.45) is 5.41 Å². The standard InChI is InChI=1S/C14H19BrO4/c1-9(16)11-6-5-10(15)7-12(11)19-8-14(2,3)13(17)18-4/h5-7,9,16H,8H2,1-4H3. The van der Waals surface area contributed by atoms with Gasteiger partial charge in [0.05, 0.1) is 18.6 Å². The van der Waals surface area contributed by atoms with Crippen LogP contribution in [0, 0.1) is 5.41 Å². The largest absolute Gasteiger partial charge is 0.492 e. The van der Waals surface area contributed by atoms with E-state index in [4.69, 9.17) is 9.47 Å². The number of carbonyl (C=O) groups excluding carboxylic acids is 1. The zero-order valence-corrected chi connectivity index (χ0v) is 13.2. The van der Waals surface area contributed by atoms with E-state index in [1.54, 1.807) is 32.9 Å². The number of aliphatic hydroxyl groups is 1. The van der Waals surface area contributed by atoms with Crippen LogP contribution in [0.5, 0.6) is 5.75 Å². The monoisotopic (exact) mass is 330 g/mol. The number of methoxy groups -OCH3 is 1. The van der Waals surface area contributed by atoms with Crippen LogP contribution in [-0.4, -0.2) is 24.8 Å². The van der Waals surface area contributed by atoms with Gasteiger partial charge < -0.3 is 14.6 Å². The molecule has 0 spiro atoms. The molecule has 1 unspecified atom stereocenters. The Bertz CT molecular complexity index is 455. The van der Waals surface area contributed by atoms with Crippen molar-refractivity contribution in [3.8, 4) is 5.75 Å². The first kappa shape index (κ1) is 16.0. The van der Waals surface area contributed by atoms with Gasteiger partial charge in [0.25, 0.3) is 0 Å². The Labute approximate surface area is 121 Å². The molecule has 0 heterocycles. The van der Waals surface area contributed by atoms with E-state index >= 15 is 0 Å². The summed E-state index contributed by atoms with van der Waals surface area (Å²) < 4.78 is 11.3. The van der Waals surface area contributed by atoms with Crippen molar-refractivity contribution in [2.75, 3.05) is 13.7 Å². The third kappa shape index (κ3) is 4.21. The quantitative estimate of drug-likeness (QED) is 0.843. The molecule has 1 N–H and O–H groups in total. The molecule has 106 valence electrons. The molecule has 0 aliphatic carbocycles. The molecular formula is C14H19BrO4. The number of rotatable bonds is 5. The number of esters is 1. The molecule has 5 heteroatoms. The minimum Gasteiger partial charge on any atom is -0.492 e. The number of halogens is 1. The van der Waals surface area contributed by atoms with Crippen molar-refractivity contribution in [3.63, 3.8) is 0 Å². The Morgan fingerprint density at radius 3 is 2.63 bits per heavy atom. The summed E-state index contributed by atoms with van der Waals surface area (Å²) in [5.74, 6) is 0.224. The molecule has 0 saturated carbocycles. The Hall–Kier alpha value is -1.07. The van der Waals surface area contributed by atoms with Gasteiger partial charge in [0.2, 0.25) is 0 Å². The van der Waals surface area contributed by atoms with Crippen LogP contribution in [0.15, 0.2) is 22.7 Å². The van der Waals surface area contributed by atoms with Gasteiger partial charge in [-0.15, -0.1) is 0 Å². The maximum Gasteiger partial charge on any atom is 0.314 e. The summed E-state index contributed by atoms with van der Waals surface area (Å²) in [6.07, 6.45) is -0.635. The van der Waals surface area contributed by atoms with Crippen molar-refractivity contribution < 1.29 is 19.4 Å². The molecule has 1 aromatic rings. The maximum atomic E-state index is 11.6. The maximum absolute atomic E-state index is 11.6. The number of ether oxygens (including phenoxy) is 2. The molecule has 4 nitrogen and oxygen atoms in total. The molecular weight excluding hydrogens is 312 g/mol. The molecule has 1 atom stereocenters. The fraction of sp³-hybridized carbons (Fsp3) is 0.500. The van der Waals surface area contributed by atoms with Crippen molar-refractivity contribution >= 4 is 21.9 Å². The average molecular weight is 331 g/mol. The Balaban J connectivity index is 2.88. The van der Waals surface area contributed by atoms with Crippen molar-refractivity contribution in [3.05, 3.63) is 28.2 Å². The number of hydrogen-bond acceptors (Lipinski definition) is 4. The summed E-state index contributed by atoms with van der Waals surface area (Å²) in [7, 11) is 1.35. The van der Waals surface area contributed by atoms with Crippen LogP contribution in [0.3, 0.4) is 0 Å². The first-order valence-corrected chi connectivity index (χ1v) is 6.76. The lowest BCUT2D eigenvalue weighted by Gasteiger charge is -2.23. The minimum atomic E-state index is -0.743.